The van der Waals surface area contributed by atoms with Crippen LogP contribution in [-0.4, -0.2) is 23.0 Å². The maximum absolute atomic E-state index is 6.28. The standard InChI is InChI=1S/C15H18ClN3O2/c1-2-19-10-12(9-18-19)17-8-11-6-13(16)15-14(7-11)20-4-3-5-21-15/h6-7,9-10,17H,2-5,8H2,1H3. The third kappa shape index (κ3) is 3.24. The number of hydrogen-bond donors (Lipinski definition) is 1. The van der Waals surface area contributed by atoms with Gasteiger partial charge in [0.05, 0.1) is 30.1 Å². The van der Waals surface area contributed by atoms with Crippen molar-refractivity contribution in [1.29, 1.82) is 0 Å². The van der Waals surface area contributed by atoms with Gasteiger partial charge in [-0.2, -0.15) is 5.10 Å². The first-order valence-electron chi connectivity index (χ1n) is 7.10. The van der Waals surface area contributed by atoms with Crippen molar-refractivity contribution >= 4 is 17.3 Å². The normalized spacial score (nSPS) is 13.8. The molecular formula is C15H18ClN3O2. The molecule has 0 radical (unpaired) electrons. The molecule has 0 atom stereocenters. The summed E-state index contributed by atoms with van der Waals surface area (Å²) in [6.07, 6.45) is 4.66. The van der Waals surface area contributed by atoms with Crippen molar-refractivity contribution in [1.82, 2.24) is 9.78 Å². The Labute approximate surface area is 128 Å². The lowest BCUT2D eigenvalue weighted by Crippen LogP contribution is -2.00. The van der Waals surface area contributed by atoms with Gasteiger partial charge in [0.25, 0.3) is 0 Å². The molecule has 0 bridgehead atoms. The Bertz CT molecular complexity index is 627. The molecule has 0 saturated heterocycles. The van der Waals surface area contributed by atoms with Crippen molar-refractivity contribution in [3.8, 4) is 11.5 Å². The number of aryl methyl sites for hydroxylation is 1. The van der Waals surface area contributed by atoms with Gasteiger partial charge in [-0.15, -0.1) is 0 Å². The molecule has 5 nitrogen and oxygen atoms in total. The third-order valence-corrected chi connectivity index (χ3v) is 3.60. The maximum Gasteiger partial charge on any atom is 0.179 e. The minimum atomic E-state index is 0.593. The molecule has 1 aliphatic heterocycles. The van der Waals surface area contributed by atoms with E-state index in [-0.39, 0.29) is 0 Å². The van der Waals surface area contributed by atoms with Gasteiger partial charge in [0.1, 0.15) is 0 Å². The van der Waals surface area contributed by atoms with Gasteiger partial charge in [0.15, 0.2) is 11.5 Å². The lowest BCUT2D eigenvalue weighted by Gasteiger charge is -2.12. The molecule has 1 aliphatic rings. The van der Waals surface area contributed by atoms with E-state index >= 15 is 0 Å². The summed E-state index contributed by atoms with van der Waals surface area (Å²) in [6.45, 7) is 4.87. The summed E-state index contributed by atoms with van der Waals surface area (Å²) in [5, 5.41) is 8.15. The number of benzene rings is 1. The Morgan fingerprint density at radius 1 is 1.33 bits per heavy atom. The SMILES string of the molecule is CCn1cc(NCc2cc(Cl)c3c(c2)OCCCO3)cn1. The highest BCUT2D eigenvalue weighted by Gasteiger charge is 2.15. The molecule has 112 valence electrons. The molecule has 3 rings (SSSR count). The fraction of sp³-hybridized carbons (Fsp3) is 0.400. The van der Waals surface area contributed by atoms with E-state index in [2.05, 4.69) is 17.3 Å². The average Bonchev–Trinajstić information content (AvgIpc) is 2.82. The molecule has 0 aliphatic carbocycles. The van der Waals surface area contributed by atoms with Crippen LogP contribution >= 0.6 is 11.6 Å². The van der Waals surface area contributed by atoms with Crippen molar-refractivity contribution in [2.75, 3.05) is 18.5 Å². The van der Waals surface area contributed by atoms with Gasteiger partial charge in [-0.3, -0.25) is 4.68 Å². The summed E-state index contributed by atoms with van der Waals surface area (Å²) in [6, 6.07) is 3.89. The quantitative estimate of drug-likeness (QED) is 0.941. The summed E-state index contributed by atoms with van der Waals surface area (Å²) < 4.78 is 13.2. The average molecular weight is 308 g/mol. The van der Waals surface area contributed by atoms with Gasteiger partial charge in [0, 0.05) is 25.7 Å². The smallest absolute Gasteiger partial charge is 0.179 e. The van der Waals surface area contributed by atoms with E-state index in [0.29, 0.717) is 30.5 Å². The fourth-order valence-electron chi connectivity index (χ4n) is 2.22. The summed E-state index contributed by atoms with van der Waals surface area (Å²) in [7, 11) is 0. The summed E-state index contributed by atoms with van der Waals surface area (Å²) >= 11 is 6.28. The van der Waals surface area contributed by atoms with Crippen molar-refractivity contribution in [3.05, 3.63) is 35.1 Å². The lowest BCUT2D eigenvalue weighted by atomic mass is 10.2. The van der Waals surface area contributed by atoms with Gasteiger partial charge in [0.2, 0.25) is 0 Å². The van der Waals surface area contributed by atoms with Gasteiger partial charge in [-0.05, 0) is 24.6 Å². The number of aromatic nitrogens is 2. The monoisotopic (exact) mass is 307 g/mol. The molecule has 1 aromatic heterocycles. The zero-order chi connectivity index (χ0) is 14.7. The van der Waals surface area contributed by atoms with Crippen molar-refractivity contribution in [3.63, 3.8) is 0 Å². The van der Waals surface area contributed by atoms with Gasteiger partial charge in [-0.1, -0.05) is 11.6 Å². The number of nitrogens with one attached hydrogen (secondary N) is 1. The number of rotatable bonds is 4. The van der Waals surface area contributed by atoms with Crippen LogP contribution in [0.25, 0.3) is 0 Å². The number of fused-ring (bicyclic) bond motifs is 1. The van der Waals surface area contributed by atoms with Crippen LogP contribution in [0.15, 0.2) is 24.5 Å². The second-order valence-electron chi connectivity index (χ2n) is 4.89. The molecule has 6 heteroatoms. The number of anilines is 1. The van der Waals surface area contributed by atoms with Crippen LogP contribution in [0.4, 0.5) is 5.69 Å². The topological polar surface area (TPSA) is 48.3 Å². The number of hydrogen-bond acceptors (Lipinski definition) is 4. The van der Waals surface area contributed by atoms with Crippen LogP contribution in [0.1, 0.15) is 18.9 Å². The van der Waals surface area contributed by atoms with Crippen LogP contribution in [0, 0.1) is 0 Å². The largest absolute Gasteiger partial charge is 0.489 e. The Morgan fingerprint density at radius 2 is 2.19 bits per heavy atom. The molecule has 0 spiro atoms. The molecule has 0 unspecified atom stereocenters. The molecule has 2 aromatic rings. The van der Waals surface area contributed by atoms with Gasteiger partial charge < -0.3 is 14.8 Å². The van der Waals surface area contributed by atoms with E-state index in [1.807, 2.05) is 29.2 Å². The predicted molar refractivity (Wildman–Crippen MR) is 82.3 cm³/mol. The Kier molecular flexibility index (Phi) is 4.20. The van der Waals surface area contributed by atoms with Crippen molar-refractivity contribution < 1.29 is 9.47 Å². The summed E-state index contributed by atoms with van der Waals surface area (Å²) in [5.41, 5.74) is 2.04. The van der Waals surface area contributed by atoms with Crippen LogP contribution in [0.3, 0.4) is 0 Å². The highest BCUT2D eigenvalue weighted by Crippen LogP contribution is 2.38. The van der Waals surface area contributed by atoms with E-state index in [9.17, 15) is 0 Å². The first-order valence-corrected chi connectivity index (χ1v) is 7.48. The van der Waals surface area contributed by atoms with Crippen LogP contribution in [-0.2, 0) is 13.1 Å². The third-order valence-electron chi connectivity index (χ3n) is 3.32. The van der Waals surface area contributed by atoms with E-state index < -0.39 is 0 Å². The summed E-state index contributed by atoms with van der Waals surface area (Å²) in [5.74, 6) is 1.37. The molecular weight excluding hydrogens is 290 g/mol. The Morgan fingerprint density at radius 3 is 3.00 bits per heavy atom. The van der Waals surface area contributed by atoms with Gasteiger partial charge >= 0.3 is 0 Å². The zero-order valence-electron chi connectivity index (χ0n) is 11.9. The molecule has 0 amide bonds. The molecule has 1 aromatic carbocycles. The number of halogens is 1. The van der Waals surface area contributed by atoms with E-state index in [1.165, 1.54) is 0 Å². The first-order chi connectivity index (χ1) is 10.3. The molecule has 2 heterocycles. The summed E-state index contributed by atoms with van der Waals surface area (Å²) in [4.78, 5) is 0. The van der Waals surface area contributed by atoms with Crippen LogP contribution in [0.2, 0.25) is 5.02 Å². The fourth-order valence-corrected chi connectivity index (χ4v) is 2.51. The number of ether oxygens (including phenoxy) is 2. The van der Waals surface area contributed by atoms with Crippen molar-refractivity contribution in [2.24, 2.45) is 0 Å². The zero-order valence-corrected chi connectivity index (χ0v) is 12.7. The number of nitrogens with zero attached hydrogens (tertiary/aromatic N) is 2. The maximum atomic E-state index is 6.28. The Balaban J connectivity index is 1.73. The second-order valence-corrected chi connectivity index (χ2v) is 5.30. The van der Waals surface area contributed by atoms with Crippen molar-refractivity contribution in [2.45, 2.75) is 26.4 Å². The van der Waals surface area contributed by atoms with Gasteiger partial charge in [-0.25, -0.2) is 0 Å². The Hall–Kier alpha value is -1.88. The van der Waals surface area contributed by atoms with Crippen LogP contribution in [0.5, 0.6) is 11.5 Å². The molecule has 1 N–H and O–H groups in total. The molecule has 0 saturated carbocycles. The molecule has 0 fully saturated rings. The van der Waals surface area contributed by atoms with E-state index in [4.69, 9.17) is 21.1 Å². The second kappa shape index (κ2) is 6.26. The highest BCUT2D eigenvalue weighted by atomic mass is 35.5. The highest BCUT2D eigenvalue weighted by molar-refractivity contribution is 6.32. The molecule has 21 heavy (non-hydrogen) atoms. The van der Waals surface area contributed by atoms with E-state index in [0.717, 1.165) is 30.0 Å². The lowest BCUT2D eigenvalue weighted by molar-refractivity contribution is 0.297. The van der Waals surface area contributed by atoms with Crippen LogP contribution < -0.4 is 14.8 Å². The van der Waals surface area contributed by atoms with E-state index in [1.54, 1.807) is 0 Å². The predicted octanol–water partition coefficient (Wildman–Crippen LogP) is 3.33. The minimum Gasteiger partial charge on any atom is -0.489 e. The minimum absolute atomic E-state index is 0.593. The first kappa shape index (κ1) is 14.1.